The molecule has 1 aromatic rings. The normalized spacial score (nSPS) is 16.4. The number of rotatable bonds is 7. The molecule has 0 spiro atoms. The molecule has 0 bridgehead atoms. The summed E-state index contributed by atoms with van der Waals surface area (Å²) in [6.45, 7) is 6.46. The quantitative estimate of drug-likeness (QED) is 0.740. The van der Waals surface area contributed by atoms with Crippen LogP contribution in [0.25, 0.3) is 0 Å². The lowest BCUT2D eigenvalue weighted by molar-refractivity contribution is 0.291. The van der Waals surface area contributed by atoms with Crippen LogP contribution >= 0.6 is 0 Å². The van der Waals surface area contributed by atoms with Crippen molar-refractivity contribution in [3.8, 4) is 0 Å². The Balaban J connectivity index is 1.66. The van der Waals surface area contributed by atoms with E-state index in [2.05, 4.69) is 24.1 Å². The number of nitrogens with zero attached hydrogens (tertiary/aromatic N) is 1. The van der Waals surface area contributed by atoms with Crippen LogP contribution in [0, 0.1) is 11.8 Å². The predicted octanol–water partition coefficient (Wildman–Crippen LogP) is 2.81. The van der Waals surface area contributed by atoms with Crippen molar-refractivity contribution in [2.45, 2.75) is 46.0 Å². The topological polar surface area (TPSA) is 38.1 Å². The number of oxazole rings is 1. The maximum absolute atomic E-state index is 5.75. The van der Waals surface area contributed by atoms with Gasteiger partial charge >= 0.3 is 0 Å². The largest absolute Gasteiger partial charge is 0.446 e. The molecule has 0 aromatic carbocycles. The first kappa shape index (κ1) is 12.6. The molecule has 0 atom stereocenters. The van der Waals surface area contributed by atoms with Crippen molar-refractivity contribution in [3.05, 3.63) is 17.8 Å². The molecule has 0 radical (unpaired) electrons. The standard InChI is InChI=1S/C14H24N2O/c1-11(2)9-15-7-6-14-16-10-13(17-14)8-12-4-3-5-12/h10-12,15H,3-9H2,1-2H3. The predicted molar refractivity (Wildman–Crippen MR) is 69.0 cm³/mol. The van der Waals surface area contributed by atoms with Gasteiger partial charge < -0.3 is 9.73 Å². The van der Waals surface area contributed by atoms with Gasteiger partial charge in [-0.25, -0.2) is 4.98 Å². The minimum Gasteiger partial charge on any atom is -0.446 e. The molecule has 0 amide bonds. The number of hydrogen-bond acceptors (Lipinski definition) is 3. The van der Waals surface area contributed by atoms with E-state index < -0.39 is 0 Å². The van der Waals surface area contributed by atoms with E-state index in [1.54, 1.807) is 0 Å². The average molecular weight is 236 g/mol. The summed E-state index contributed by atoms with van der Waals surface area (Å²) in [6.07, 6.45) is 8.03. The highest BCUT2D eigenvalue weighted by Gasteiger charge is 2.19. The minimum atomic E-state index is 0.703. The van der Waals surface area contributed by atoms with Crippen molar-refractivity contribution in [3.63, 3.8) is 0 Å². The van der Waals surface area contributed by atoms with Gasteiger partial charge in [0.2, 0.25) is 0 Å². The van der Waals surface area contributed by atoms with Crippen molar-refractivity contribution >= 4 is 0 Å². The molecule has 96 valence electrons. The zero-order chi connectivity index (χ0) is 12.1. The molecule has 17 heavy (non-hydrogen) atoms. The summed E-state index contributed by atoms with van der Waals surface area (Å²) < 4.78 is 5.75. The first-order valence-electron chi connectivity index (χ1n) is 6.88. The highest BCUT2D eigenvalue weighted by Crippen LogP contribution is 2.29. The van der Waals surface area contributed by atoms with Gasteiger partial charge in [-0.2, -0.15) is 0 Å². The Labute approximate surface area is 104 Å². The van der Waals surface area contributed by atoms with E-state index in [1.807, 2.05) is 6.20 Å². The van der Waals surface area contributed by atoms with Crippen LogP contribution in [0.15, 0.2) is 10.6 Å². The summed E-state index contributed by atoms with van der Waals surface area (Å²) >= 11 is 0. The van der Waals surface area contributed by atoms with E-state index >= 15 is 0 Å². The molecule has 0 saturated heterocycles. The van der Waals surface area contributed by atoms with Crippen LogP contribution in [0.1, 0.15) is 44.8 Å². The Morgan fingerprint density at radius 2 is 2.29 bits per heavy atom. The second-order valence-corrected chi connectivity index (χ2v) is 5.57. The SMILES string of the molecule is CC(C)CNCCc1ncc(CC2CCC2)o1. The zero-order valence-corrected chi connectivity index (χ0v) is 11.0. The zero-order valence-electron chi connectivity index (χ0n) is 11.0. The van der Waals surface area contributed by atoms with E-state index in [9.17, 15) is 0 Å². The molecule has 1 aromatic heterocycles. The molecule has 0 unspecified atom stereocenters. The molecule has 1 aliphatic rings. The lowest BCUT2D eigenvalue weighted by Gasteiger charge is -2.23. The van der Waals surface area contributed by atoms with Gasteiger partial charge in [0, 0.05) is 19.4 Å². The Kier molecular flexibility index (Phi) is 4.60. The van der Waals surface area contributed by atoms with Gasteiger partial charge in [0.25, 0.3) is 0 Å². The van der Waals surface area contributed by atoms with E-state index in [0.717, 1.165) is 43.5 Å². The fourth-order valence-electron chi connectivity index (χ4n) is 2.13. The average Bonchev–Trinajstić information content (AvgIpc) is 2.66. The lowest BCUT2D eigenvalue weighted by atomic mass is 9.82. The van der Waals surface area contributed by atoms with E-state index in [1.165, 1.54) is 19.3 Å². The molecule has 0 aliphatic heterocycles. The molecule has 1 fully saturated rings. The molecule has 1 aliphatic carbocycles. The fraction of sp³-hybridized carbons (Fsp3) is 0.786. The maximum Gasteiger partial charge on any atom is 0.195 e. The third-order valence-electron chi connectivity index (χ3n) is 3.38. The van der Waals surface area contributed by atoms with Crippen LogP contribution in [0.3, 0.4) is 0 Å². The summed E-state index contributed by atoms with van der Waals surface area (Å²) in [5.41, 5.74) is 0. The van der Waals surface area contributed by atoms with E-state index in [0.29, 0.717) is 5.92 Å². The van der Waals surface area contributed by atoms with Gasteiger partial charge in [0.15, 0.2) is 5.89 Å². The summed E-state index contributed by atoms with van der Waals surface area (Å²) in [4.78, 5) is 4.34. The Morgan fingerprint density at radius 3 is 2.94 bits per heavy atom. The first-order chi connectivity index (χ1) is 8.24. The Bertz CT molecular complexity index is 329. The van der Waals surface area contributed by atoms with Gasteiger partial charge in [0.1, 0.15) is 5.76 Å². The molecular weight excluding hydrogens is 212 g/mol. The maximum atomic E-state index is 5.75. The molecule has 3 nitrogen and oxygen atoms in total. The lowest BCUT2D eigenvalue weighted by Crippen LogP contribution is -2.22. The van der Waals surface area contributed by atoms with Gasteiger partial charge in [-0.1, -0.05) is 33.1 Å². The van der Waals surface area contributed by atoms with Gasteiger partial charge in [-0.05, 0) is 18.4 Å². The van der Waals surface area contributed by atoms with Crippen LogP contribution in [0.4, 0.5) is 0 Å². The monoisotopic (exact) mass is 236 g/mol. The molecule has 1 N–H and O–H groups in total. The highest BCUT2D eigenvalue weighted by molar-refractivity contribution is 4.97. The second-order valence-electron chi connectivity index (χ2n) is 5.57. The Hall–Kier alpha value is -0.830. The molecule has 3 heteroatoms. The van der Waals surface area contributed by atoms with Gasteiger partial charge in [-0.15, -0.1) is 0 Å². The Morgan fingerprint density at radius 1 is 1.47 bits per heavy atom. The number of nitrogens with one attached hydrogen (secondary N) is 1. The minimum absolute atomic E-state index is 0.703. The van der Waals surface area contributed by atoms with Crippen LogP contribution in [0.5, 0.6) is 0 Å². The van der Waals surface area contributed by atoms with Crippen molar-refractivity contribution in [1.82, 2.24) is 10.3 Å². The fourth-order valence-corrected chi connectivity index (χ4v) is 2.13. The third kappa shape index (κ3) is 4.15. The first-order valence-corrected chi connectivity index (χ1v) is 6.88. The van der Waals surface area contributed by atoms with Crippen molar-refractivity contribution < 1.29 is 4.42 Å². The van der Waals surface area contributed by atoms with Crippen LogP contribution in [0.2, 0.25) is 0 Å². The smallest absolute Gasteiger partial charge is 0.195 e. The molecule has 1 saturated carbocycles. The van der Waals surface area contributed by atoms with Gasteiger partial charge in [0.05, 0.1) is 6.20 Å². The molecule has 1 heterocycles. The number of aromatic nitrogens is 1. The van der Waals surface area contributed by atoms with Crippen LogP contribution < -0.4 is 5.32 Å². The van der Waals surface area contributed by atoms with Crippen LogP contribution in [-0.4, -0.2) is 18.1 Å². The summed E-state index contributed by atoms with van der Waals surface area (Å²) in [5.74, 6) is 3.52. The summed E-state index contributed by atoms with van der Waals surface area (Å²) in [7, 11) is 0. The van der Waals surface area contributed by atoms with Crippen LogP contribution in [-0.2, 0) is 12.8 Å². The van der Waals surface area contributed by atoms with Crippen molar-refractivity contribution in [2.24, 2.45) is 11.8 Å². The van der Waals surface area contributed by atoms with Gasteiger partial charge in [-0.3, -0.25) is 0 Å². The summed E-state index contributed by atoms with van der Waals surface area (Å²) in [6, 6.07) is 0. The van der Waals surface area contributed by atoms with Crippen molar-refractivity contribution in [2.75, 3.05) is 13.1 Å². The molecule has 2 rings (SSSR count). The summed E-state index contributed by atoms with van der Waals surface area (Å²) in [5, 5.41) is 3.41. The molecular formula is C14H24N2O. The number of hydrogen-bond donors (Lipinski definition) is 1. The van der Waals surface area contributed by atoms with E-state index in [-0.39, 0.29) is 0 Å². The second kappa shape index (κ2) is 6.20. The highest BCUT2D eigenvalue weighted by atomic mass is 16.4. The van der Waals surface area contributed by atoms with Crippen molar-refractivity contribution in [1.29, 1.82) is 0 Å². The van der Waals surface area contributed by atoms with E-state index in [4.69, 9.17) is 4.42 Å². The third-order valence-corrected chi connectivity index (χ3v) is 3.38.